The monoisotopic (exact) mass is 168 g/mol. The van der Waals surface area contributed by atoms with Gasteiger partial charge in [-0.3, -0.25) is 0 Å². The van der Waals surface area contributed by atoms with E-state index < -0.39 is 0 Å². The van der Waals surface area contributed by atoms with E-state index in [1.165, 1.54) is 25.7 Å². The van der Waals surface area contributed by atoms with Crippen LogP contribution in [0.2, 0.25) is 0 Å². The van der Waals surface area contributed by atoms with E-state index in [0.717, 1.165) is 19.3 Å². The van der Waals surface area contributed by atoms with Gasteiger partial charge in [-0.05, 0) is 25.7 Å². The molecule has 3 unspecified atom stereocenters. The van der Waals surface area contributed by atoms with Gasteiger partial charge in [-0.2, -0.15) is 0 Å². The van der Waals surface area contributed by atoms with Crippen LogP contribution in [0.4, 0.5) is 0 Å². The van der Waals surface area contributed by atoms with Crippen molar-refractivity contribution in [2.24, 2.45) is 0 Å². The van der Waals surface area contributed by atoms with E-state index in [2.05, 4.69) is 0 Å². The van der Waals surface area contributed by atoms with E-state index >= 15 is 0 Å². The molecule has 2 saturated carbocycles. The molecule has 2 aliphatic carbocycles. The Hall–Kier alpha value is -0.0800. The molecule has 0 spiro atoms. The largest absolute Gasteiger partial charge is 0.393 e. The van der Waals surface area contributed by atoms with Crippen molar-refractivity contribution in [3.8, 4) is 0 Å². The second kappa shape index (κ2) is 2.05. The fraction of sp³-hybridized carbons (Fsp3) is 1.00. The van der Waals surface area contributed by atoms with Gasteiger partial charge in [0.05, 0.1) is 11.7 Å². The summed E-state index contributed by atoms with van der Waals surface area (Å²) in [6.45, 7) is 0. The van der Waals surface area contributed by atoms with E-state index in [-0.39, 0.29) is 17.3 Å². The molecule has 2 nitrogen and oxygen atoms in total. The average Bonchev–Trinajstić information content (AvgIpc) is 2.72. The summed E-state index contributed by atoms with van der Waals surface area (Å²) in [4.78, 5) is 0. The van der Waals surface area contributed by atoms with Crippen LogP contribution in [0.5, 0.6) is 0 Å². The number of aliphatic hydroxyl groups is 1. The number of hydrogen-bond donors (Lipinski definition) is 1. The Morgan fingerprint density at radius 1 is 1.08 bits per heavy atom. The molecular formula is C10H16O2. The molecule has 0 aromatic carbocycles. The summed E-state index contributed by atoms with van der Waals surface area (Å²) in [6.07, 6.45) is 7.97. The highest BCUT2D eigenvalue weighted by Gasteiger charge is 2.71. The van der Waals surface area contributed by atoms with Crippen molar-refractivity contribution in [3.63, 3.8) is 0 Å². The van der Waals surface area contributed by atoms with Crippen LogP contribution in [-0.4, -0.2) is 22.4 Å². The molecule has 0 radical (unpaired) electrons. The maximum absolute atomic E-state index is 9.56. The lowest BCUT2D eigenvalue weighted by Gasteiger charge is -2.31. The summed E-state index contributed by atoms with van der Waals surface area (Å²) in [5.41, 5.74) is 0.382. The zero-order valence-electron chi connectivity index (χ0n) is 7.38. The third-order valence-electron chi connectivity index (χ3n) is 4.04. The van der Waals surface area contributed by atoms with Gasteiger partial charge in [0.1, 0.15) is 5.60 Å². The summed E-state index contributed by atoms with van der Waals surface area (Å²) in [6, 6.07) is 0. The molecule has 1 N–H and O–H groups in total. The number of aliphatic hydroxyl groups excluding tert-OH is 1. The topological polar surface area (TPSA) is 32.8 Å². The predicted molar refractivity (Wildman–Crippen MR) is 44.9 cm³/mol. The van der Waals surface area contributed by atoms with Crippen molar-refractivity contribution in [3.05, 3.63) is 0 Å². The molecule has 12 heavy (non-hydrogen) atoms. The van der Waals surface area contributed by atoms with E-state index in [0.29, 0.717) is 0 Å². The molecule has 2 heteroatoms. The standard InChI is InChI=1S/C10H16O2/c11-8-3-6-9-4-1-2-5-10(9,7-8)12-9/h8,11H,1-7H2. The number of hydrogen-bond acceptors (Lipinski definition) is 2. The summed E-state index contributed by atoms with van der Waals surface area (Å²) in [5.74, 6) is 0. The first-order chi connectivity index (χ1) is 5.77. The lowest BCUT2D eigenvalue weighted by atomic mass is 9.70. The van der Waals surface area contributed by atoms with Gasteiger partial charge in [0.2, 0.25) is 0 Å². The Morgan fingerprint density at radius 3 is 2.67 bits per heavy atom. The van der Waals surface area contributed by atoms with E-state index in [1.54, 1.807) is 0 Å². The quantitative estimate of drug-likeness (QED) is 0.557. The van der Waals surface area contributed by atoms with Crippen molar-refractivity contribution >= 4 is 0 Å². The predicted octanol–water partition coefficient (Wildman–Crippen LogP) is 1.61. The third-order valence-corrected chi connectivity index (χ3v) is 4.04. The fourth-order valence-corrected chi connectivity index (χ4v) is 3.34. The van der Waals surface area contributed by atoms with E-state index in [9.17, 15) is 5.11 Å². The van der Waals surface area contributed by atoms with Crippen molar-refractivity contribution in [1.29, 1.82) is 0 Å². The van der Waals surface area contributed by atoms with E-state index in [4.69, 9.17) is 4.74 Å². The lowest BCUT2D eigenvalue weighted by molar-refractivity contribution is 0.0956. The minimum atomic E-state index is -0.0845. The maximum atomic E-state index is 9.56. The van der Waals surface area contributed by atoms with Crippen LogP contribution >= 0.6 is 0 Å². The fourth-order valence-electron chi connectivity index (χ4n) is 3.34. The Kier molecular flexibility index (Phi) is 1.25. The second-order valence-electron chi connectivity index (χ2n) is 4.69. The molecule has 0 amide bonds. The summed E-state index contributed by atoms with van der Waals surface area (Å²) < 4.78 is 5.92. The molecule has 3 atom stereocenters. The molecule has 3 fully saturated rings. The molecule has 0 bridgehead atoms. The normalized spacial score (nSPS) is 57.2. The highest BCUT2D eigenvalue weighted by atomic mass is 16.6. The summed E-state index contributed by atoms with van der Waals surface area (Å²) in [5, 5.41) is 9.56. The number of ether oxygens (including phenoxy) is 1. The summed E-state index contributed by atoms with van der Waals surface area (Å²) >= 11 is 0. The van der Waals surface area contributed by atoms with Gasteiger partial charge in [-0.25, -0.2) is 0 Å². The van der Waals surface area contributed by atoms with Crippen LogP contribution in [0, 0.1) is 0 Å². The minimum absolute atomic E-state index is 0.0845. The molecule has 0 aromatic rings. The Morgan fingerprint density at radius 2 is 1.83 bits per heavy atom. The molecule has 0 aromatic heterocycles. The highest BCUT2D eigenvalue weighted by Crippen LogP contribution is 2.64. The van der Waals surface area contributed by atoms with Crippen LogP contribution in [0.25, 0.3) is 0 Å². The van der Waals surface area contributed by atoms with Crippen molar-refractivity contribution in [2.45, 2.75) is 62.3 Å². The molecule has 1 aliphatic heterocycles. The van der Waals surface area contributed by atoms with Gasteiger partial charge in [0.15, 0.2) is 0 Å². The van der Waals surface area contributed by atoms with Crippen LogP contribution in [-0.2, 0) is 4.74 Å². The SMILES string of the molecule is OC1CCC23CCCCC2(C1)O3. The molecule has 68 valence electrons. The zero-order valence-corrected chi connectivity index (χ0v) is 7.38. The Labute approximate surface area is 72.9 Å². The lowest BCUT2D eigenvalue weighted by Crippen LogP contribution is -2.38. The molecule has 1 heterocycles. The van der Waals surface area contributed by atoms with Crippen LogP contribution < -0.4 is 0 Å². The molecule has 1 saturated heterocycles. The van der Waals surface area contributed by atoms with Gasteiger partial charge in [-0.15, -0.1) is 0 Å². The first-order valence-corrected chi connectivity index (χ1v) is 5.15. The third kappa shape index (κ3) is 0.728. The van der Waals surface area contributed by atoms with E-state index in [1.807, 2.05) is 0 Å². The van der Waals surface area contributed by atoms with Crippen molar-refractivity contribution in [1.82, 2.24) is 0 Å². The number of epoxide rings is 1. The smallest absolute Gasteiger partial charge is 0.100 e. The van der Waals surface area contributed by atoms with Gasteiger partial charge in [0, 0.05) is 6.42 Å². The average molecular weight is 168 g/mol. The molecule has 3 rings (SSSR count). The maximum Gasteiger partial charge on any atom is 0.100 e. The van der Waals surface area contributed by atoms with Crippen LogP contribution in [0.15, 0.2) is 0 Å². The first kappa shape index (κ1) is 7.34. The Balaban J connectivity index is 1.86. The number of rotatable bonds is 0. The first-order valence-electron chi connectivity index (χ1n) is 5.15. The van der Waals surface area contributed by atoms with Crippen LogP contribution in [0.1, 0.15) is 44.9 Å². The van der Waals surface area contributed by atoms with Gasteiger partial charge >= 0.3 is 0 Å². The minimum Gasteiger partial charge on any atom is -0.393 e. The van der Waals surface area contributed by atoms with Crippen molar-refractivity contribution in [2.75, 3.05) is 0 Å². The van der Waals surface area contributed by atoms with Gasteiger partial charge in [0.25, 0.3) is 0 Å². The van der Waals surface area contributed by atoms with Crippen LogP contribution in [0.3, 0.4) is 0 Å². The zero-order chi connectivity index (χ0) is 8.23. The summed E-state index contributed by atoms with van der Waals surface area (Å²) in [7, 11) is 0. The Bertz CT molecular complexity index is 212. The molecule has 3 aliphatic rings. The van der Waals surface area contributed by atoms with Crippen molar-refractivity contribution < 1.29 is 9.84 Å². The second-order valence-corrected chi connectivity index (χ2v) is 4.69. The van der Waals surface area contributed by atoms with Gasteiger partial charge < -0.3 is 9.84 Å². The highest BCUT2D eigenvalue weighted by molar-refractivity contribution is 5.20. The molecular weight excluding hydrogens is 152 g/mol. The van der Waals surface area contributed by atoms with Gasteiger partial charge in [-0.1, -0.05) is 12.8 Å².